The van der Waals surface area contributed by atoms with Gasteiger partial charge in [0.2, 0.25) is 5.91 Å². The van der Waals surface area contributed by atoms with Crippen LogP contribution in [-0.2, 0) is 4.79 Å². The number of nitrogens with two attached hydrogens (primary N) is 1. The van der Waals surface area contributed by atoms with Gasteiger partial charge >= 0.3 is 0 Å². The van der Waals surface area contributed by atoms with Crippen LogP contribution in [0.3, 0.4) is 0 Å². The van der Waals surface area contributed by atoms with Crippen molar-refractivity contribution in [3.05, 3.63) is 24.3 Å². The summed E-state index contributed by atoms with van der Waals surface area (Å²) >= 11 is 0. The van der Waals surface area contributed by atoms with Crippen molar-refractivity contribution >= 4 is 17.3 Å². The third-order valence-corrected chi connectivity index (χ3v) is 3.40. The summed E-state index contributed by atoms with van der Waals surface area (Å²) in [6, 6.07) is 7.23. The van der Waals surface area contributed by atoms with Crippen molar-refractivity contribution in [3.63, 3.8) is 0 Å². The van der Waals surface area contributed by atoms with Crippen LogP contribution in [0.4, 0.5) is 11.4 Å². The number of amides is 1. The molecule has 0 spiro atoms. The van der Waals surface area contributed by atoms with E-state index in [-0.39, 0.29) is 5.91 Å². The Kier molecular flexibility index (Phi) is 4.80. The van der Waals surface area contributed by atoms with E-state index in [9.17, 15) is 4.79 Å². The summed E-state index contributed by atoms with van der Waals surface area (Å²) in [6.45, 7) is 2.17. The van der Waals surface area contributed by atoms with Crippen LogP contribution in [0, 0.1) is 5.92 Å². The fourth-order valence-electron chi connectivity index (χ4n) is 2.13. The first kappa shape index (κ1) is 13.9. The lowest BCUT2D eigenvalue weighted by Crippen LogP contribution is -2.23. The van der Waals surface area contributed by atoms with Crippen molar-refractivity contribution in [3.8, 4) is 0 Å². The van der Waals surface area contributed by atoms with Gasteiger partial charge in [0.15, 0.2) is 0 Å². The summed E-state index contributed by atoms with van der Waals surface area (Å²) in [5, 5.41) is 2.88. The molecule has 2 rings (SSSR count). The van der Waals surface area contributed by atoms with Crippen LogP contribution in [-0.4, -0.2) is 30.9 Å². The van der Waals surface area contributed by atoms with Gasteiger partial charge in [-0.1, -0.05) is 0 Å². The van der Waals surface area contributed by atoms with Crippen molar-refractivity contribution in [2.45, 2.75) is 25.7 Å². The van der Waals surface area contributed by atoms with Gasteiger partial charge in [0, 0.05) is 24.3 Å². The third-order valence-electron chi connectivity index (χ3n) is 3.40. The number of hydrogen-bond donors (Lipinski definition) is 2. The largest absolute Gasteiger partial charge is 0.399 e. The maximum absolute atomic E-state index is 11.8. The van der Waals surface area contributed by atoms with Crippen LogP contribution < -0.4 is 11.1 Å². The Balaban J connectivity index is 1.62. The topological polar surface area (TPSA) is 58.4 Å². The Hall–Kier alpha value is -1.55. The zero-order chi connectivity index (χ0) is 13.7. The second-order valence-corrected chi connectivity index (χ2v) is 5.48. The minimum Gasteiger partial charge on any atom is -0.399 e. The van der Waals surface area contributed by atoms with Gasteiger partial charge in [-0.05, 0) is 63.0 Å². The predicted octanol–water partition coefficient (Wildman–Crippen LogP) is 2.33. The first-order chi connectivity index (χ1) is 9.13. The van der Waals surface area contributed by atoms with Gasteiger partial charge < -0.3 is 16.0 Å². The van der Waals surface area contributed by atoms with Crippen molar-refractivity contribution in [2.24, 2.45) is 5.92 Å². The zero-order valence-electron chi connectivity index (χ0n) is 11.6. The molecule has 1 aromatic rings. The van der Waals surface area contributed by atoms with Crippen molar-refractivity contribution in [2.75, 3.05) is 31.2 Å². The summed E-state index contributed by atoms with van der Waals surface area (Å²) in [7, 11) is 2.14. The molecular weight excluding hydrogens is 238 g/mol. The molecule has 3 N–H and O–H groups in total. The van der Waals surface area contributed by atoms with E-state index in [4.69, 9.17) is 5.73 Å². The van der Waals surface area contributed by atoms with Gasteiger partial charge in [0.05, 0.1) is 0 Å². The molecule has 19 heavy (non-hydrogen) atoms. The van der Waals surface area contributed by atoms with Crippen molar-refractivity contribution in [1.82, 2.24) is 4.90 Å². The molecule has 0 radical (unpaired) electrons. The number of hydrogen-bond acceptors (Lipinski definition) is 3. The molecule has 4 nitrogen and oxygen atoms in total. The Morgan fingerprint density at radius 3 is 2.68 bits per heavy atom. The highest BCUT2D eigenvalue weighted by Crippen LogP contribution is 2.29. The van der Waals surface area contributed by atoms with E-state index < -0.39 is 0 Å². The first-order valence-corrected chi connectivity index (χ1v) is 6.97. The summed E-state index contributed by atoms with van der Waals surface area (Å²) in [5.74, 6) is 0.984. The molecule has 0 heterocycles. The molecule has 1 aromatic carbocycles. The average Bonchev–Trinajstić information content (AvgIpc) is 3.16. The lowest BCUT2D eigenvalue weighted by molar-refractivity contribution is -0.116. The molecule has 0 saturated heterocycles. The van der Waals surface area contributed by atoms with E-state index in [1.54, 1.807) is 12.1 Å². The van der Waals surface area contributed by atoms with Crippen molar-refractivity contribution < 1.29 is 4.79 Å². The molecule has 0 aromatic heterocycles. The lowest BCUT2D eigenvalue weighted by Gasteiger charge is -2.15. The number of carbonyl (C=O) groups excluding carboxylic acids is 1. The SMILES string of the molecule is CN(CCCC(=O)Nc1ccc(N)cc1)CC1CC1. The molecule has 1 amide bonds. The van der Waals surface area contributed by atoms with E-state index in [1.165, 1.54) is 19.4 Å². The lowest BCUT2D eigenvalue weighted by atomic mass is 10.2. The highest BCUT2D eigenvalue weighted by atomic mass is 16.1. The molecule has 1 saturated carbocycles. The zero-order valence-corrected chi connectivity index (χ0v) is 11.6. The second kappa shape index (κ2) is 6.57. The molecule has 1 fully saturated rings. The second-order valence-electron chi connectivity index (χ2n) is 5.48. The van der Waals surface area contributed by atoms with Gasteiger partial charge in [0.25, 0.3) is 0 Å². The maximum atomic E-state index is 11.8. The van der Waals surface area contributed by atoms with Gasteiger partial charge in [0.1, 0.15) is 0 Å². The minimum absolute atomic E-state index is 0.0737. The Labute approximate surface area is 115 Å². The van der Waals surface area contributed by atoms with E-state index in [1.807, 2.05) is 12.1 Å². The Bertz CT molecular complexity index is 412. The van der Waals surface area contributed by atoms with Gasteiger partial charge in [-0.15, -0.1) is 0 Å². The highest BCUT2D eigenvalue weighted by molar-refractivity contribution is 5.90. The highest BCUT2D eigenvalue weighted by Gasteiger charge is 2.22. The predicted molar refractivity (Wildman–Crippen MR) is 78.9 cm³/mol. The van der Waals surface area contributed by atoms with E-state index in [0.29, 0.717) is 12.1 Å². The molecule has 0 atom stereocenters. The summed E-state index contributed by atoms with van der Waals surface area (Å²) < 4.78 is 0. The molecule has 0 aliphatic heterocycles. The maximum Gasteiger partial charge on any atom is 0.224 e. The Morgan fingerprint density at radius 1 is 1.37 bits per heavy atom. The fourth-order valence-corrected chi connectivity index (χ4v) is 2.13. The summed E-state index contributed by atoms with van der Waals surface area (Å²) in [6.07, 6.45) is 4.23. The summed E-state index contributed by atoms with van der Waals surface area (Å²) in [5.41, 5.74) is 7.12. The molecule has 1 aliphatic carbocycles. The van der Waals surface area contributed by atoms with E-state index >= 15 is 0 Å². The number of nitrogen functional groups attached to an aromatic ring is 1. The summed E-state index contributed by atoms with van der Waals surface area (Å²) in [4.78, 5) is 14.1. The minimum atomic E-state index is 0.0737. The number of benzene rings is 1. The number of nitrogens with one attached hydrogen (secondary N) is 1. The number of carbonyl (C=O) groups is 1. The third kappa shape index (κ3) is 5.30. The fraction of sp³-hybridized carbons (Fsp3) is 0.533. The van der Waals surface area contributed by atoms with Gasteiger partial charge in [-0.3, -0.25) is 4.79 Å². The number of anilines is 2. The molecular formula is C15H23N3O. The van der Waals surface area contributed by atoms with Crippen LogP contribution in [0.1, 0.15) is 25.7 Å². The first-order valence-electron chi connectivity index (χ1n) is 6.97. The number of nitrogens with zero attached hydrogens (tertiary/aromatic N) is 1. The Morgan fingerprint density at radius 2 is 2.05 bits per heavy atom. The van der Waals surface area contributed by atoms with Gasteiger partial charge in [-0.25, -0.2) is 0 Å². The molecule has 0 unspecified atom stereocenters. The molecule has 4 heteroatoms. The number of rotatable bonds is 7. The van der Waals surface area contributed by atoms with Gasteiger partial charge in [-0.2, -0.15) is 0 Å². The normalized spacial score (nSPS) is 14.6. The molecule has 0 bridgehead atoms. The van der Waals surface area contributed by atoms with Crippen LogP contribution >= 0.6 is 0 Å². The van der Waals surface area contributed by atoms with E-state index in [0.717, 1.165) is 24.6 Å². The van der Waals surface area contributed by atoms with Crippen LogP contribution in [0.5, 0.6) is 0 Å². The van der Waals surface area contributed by atoms with E-state index in [2.05, 4.69) is 17.3 Å². The molecule has 1 aliphatic rings. The van der Waals surface area contributed by atoms with Crippen LogP contribution in [0.2, 0.25) is 0 Å². The smallest absolute Gasteiger partial charge is 0.224 e. The van der Waals surface area contributed by atoms with Crippen LogP contribution in [0.25, 0.3) is 0 Å². The average molecular weight is 261 g/mol. The van der Waals surface area contributed by atoms with Crippen LogP contribution in [0.15, 0.2) is 24.3 Å². The quantitative estimate of drug-likeness (QED) is 0.741. The monoisotopic (exact) mass is 261 g/mol. The standard InChI is InChI=1S/C15H23N3O/c1-18(11-12-4-5-12)10-2-3-15(19)17-14-8-6-13(16)7-9-14/h6-9,12H,2-5,10-11,16H2,1H3,(H,17,19). The molecule has 104 valence electrons. The van der Waals surface area contributed by atoms with Crippen molar-refractivity contribution in [1.29, 1.82) is 0 Å².